The van der Waals surface area contributed by atoms with Crippen LogP contribution in [0.25, 0.3) is 0 Å². The Hall–Kier alpha value is 0.0700. The molecule has 0 aliphatic carbocycles. The summed E-state index contributed by atoms with van der Waals surface area (Å²) in [6.45, 7) is 8.73. The van der Waals surface area contributed by atoms with Crippen molar-refractivity contribution in [2.75, 3.05) is 37.7 Å². The van der Waals surface area contributed by atoms with Crippen molar-refractivity contribution in [1.82, 2.24) is 10.2 Å². The molecule has 102 valence electrons. The van der Waals surface area contributed by atoms with Gasteiger partial charge in [0.1, 0.15) is 0 Å². The van der Waals surface area contributed by atoms with Crippen LogP contribution in [-0.2, 0) is 10.8 Å². The molecule has 17 heavy (non-hydrogen) atoms. The minimum Gasteiger partial charge on any atom is -0.313 e. The molecule has 1 aliphatic rings. The maximum absolute atomic E-state index is 11.2. The standard InChI is InChI=1S/C13H28N2OS/c1-3-4-5-6-13(2)14-7-8-15-9-11-17(16)12-10-15/h13-14H,3-12H2,1-2H3. The number of rotatable bonds is 8. The predicted octanol–water partition coefficient (Wildman–Crippen LogP) is 1.61. The Kier molecular flexibility index (Phi) is 8.06. The summed E-state index contributed by atoms with van der Waals surface area (Å²) >= 11 is 0. The van der Waals surface area contributed by atoms with E-state index in [9.17, 15) is 4.21 Å². The predicted molar refractivity (Wildman–Crippen MR) is 75.9 cm³/mol. The van der Waals surface area contributed by atoms with E-state index in [4.69, 9.17) is 0 Å². The van der Waals surface area contributed by atoms with E-state index in [1.54, 1.807) is 0 Å². The largest absolute Gasteiger partial charge is 0.313 e. The Balaban J connectivity index is 1.97. The summed E-state index contributed by atoms with van der Waals surface area (Å²) in [6.07, 6.45) is 5.28. The summed E-state index contributed by atoms with van der Waals surface area (Å²) in [4.78, 5) is 2.42. The molecule has 0 aromatic rings. The van der Waals surface area contributed by atoms with E-state index >= 15 is 0 Å². The number of nitrogens with one attached hydrogen (secondary N) is 1. The van der Waals surface area contributed by atoms with Crippen molar-refractivity contribution in [3.05, 3.63) is 0 Å². The number of nitrogens with zero attached hydrogens (tertiary/aromatic N) is 1. The molecule has 0 spiro atoms. The monoisotopic (exact) mass is 260 g/mol. The van der Waals surface area contributed by atoms with Crippen molar-refractivity contribution in [2.24, 2.45) is 0 Å². The molecule has 1 rings (SSSR count). The van der Waals surface area contributed by atoms with Gasteiger partial charge in [-0.15, -0.1) is 0 Å². The van der Waals surface area contributed by atoms with E-state index in [-0.39, 0.29) is 0 Å². The van der Waals surface area contributed by atoms with Gasteiger partial charge in [0.05, 0.1) is 0 Å². The van der Waals surface area contributed by atoms with Crippen LogP contribution in [0.3, 0.4) is 0 Å². The van der Waals surface area contributed by atoms with Crippen LogP contribution in [0, 0.1) is 0 Å². The van der Waals surface area contributed by atoms with Crippen LogP contribution in [0.1, 0.15) is 39.5 Å². The number of hydrogen-bond acceptors (Lipinski definition) is 3. The molecule has 1 N–H and O–H groups in total. The molecule has 1 heterocycles. The second-order valence-corrected chi connectivity index (χ2v) is 6.74. The maximum atomic E-state index is 11.2. The lowest BCUT2D eigenvalue weighted by Gasteiger charge is -2.26. The zero-order valence-corrected chi connectivity index (χ0v) is 12.2. The lowest BCUT2D eigenvalue weighted by molar-refractivity contribution is 0.291. The van der Waals surface area contributed by atoms with Gasteiger partial charge in [-0.25, -0.2) is 0 Å². The Labute approximate surface area is 109 Å². The summed E-state index contributed by atoms with van der Waals surface area (Å²) < 4.78 is 11.2. The van der Waals surface area contributed by atoms with Gasteiger partial charge in [0.2, 0.25) is 0 Å². The van der Waals surface area contributed by atoms with Gasteiger partial charge in [0, 0.05) is 54.5 Å². The van der Waals surface area contributed by atoms with E-state index in [1.807, 2.05) is 0 Å². The first-order valence-electron chi connectivity index (χ1n) is 7.03. The third-order valence-corrected chi connectivity index (χ3v) is 4.71. The highest BCUT2D eigenvalue weighted by Gasteiger charge is 2.14. The van der Waals surface area contributed by atoms with E-state index in [1.165, 1.54) is 25.7 Å². The van der Waals surface area contributed by atoms with Crippen molar-refractivity contribution in [2.45, 2.75) is 45.6 Å². The first kappa shape index (κ1) is 15.1. The molecule has 1 unspecified atom stereocenters. The molecule has 0 bridgehead atoms. The van der Waals surface area contributed by atoms with Gasteiger partial charge in [-0.2, -0.15) is 0 Å². The van der Waals surface area contributed by atoms with Crippen LogP contribution in [0.15, 0.2) is 0 Å². The second kappa shape index (κ2) is 9.06. The normalized spacial score (nSPS) is 20.6. The topological polar surface area (TPSA) is 32.3 Å². The molecule has 0 aromatic heterocycles. The average Bonchev–Trinajstić information content (AvgIpc) is 2.32. The van der Waals surface area contributed by atoms with Crippen molar-refractivity contribution in [1.29, 1.82) is 0 Å². The van der Waals surface area contributed by atoms with Crippen LogP contribution in [0.4, 0.5) is 0 Å². The minimum absolute atomic E-state index is 0.543. The van der Waals surface area contributed by atoms with E-state index < -0.39 is 10.8 Å². The summed E-state index contributed by atoms with van der Waals surface area (Å²) in [5.74, 6) is 1.73. The highest BCUT2D eigenvalue weighted by atomic mass is 32.2. The summed E-state index contributed by atoms with van der Waals surface area (Å²) in [6, 6.07) is 0.639. The highest BCUT2D eigenvalue weighted by molar-refractivity contribution is 7.85. The molecule has 1 fully saturated rings. The van der Waals surface area contributed by atoms with Crippen LogP contribution in [0.5, 0.6) is 0 Å². The van der Waals surface area contributed by atoms with Crippen molar-refractivity contribution < 1.29 is 4.21 Å². The number of hydrogen-bond donors (Lipinski definition) is 1. The van der Waals surface area contributed by atoms with Gasteiger partial charge in [-0.3, -0.25) is 4.21 Å². The van der Waals surface area contributed by atoms with Gasteiger partial charge in [0.15, 0.2) is 0 Å². The molecule has 0 amide bonds. The second-order valence-electron chi connectivity index (χ2n) is 5.04. The van der Waals surface area contributed by atoms with E-state index in [0.29, 0.717) is 6.04 Å². The first-order chi connectivity index (χ1) is 8.22. The van der Waals surface area contributed by atoms with Gasteiger partial charge in [-0.05, 0) is 13.3 Å². The third-order valence-electron chi connectivity index (χ3n) is 3.43. The van der Waals surface area contributed by atoms with Gasteiger partial charge >= 0.3 is 0 Å². The van der Waals surface area contributed by atoms with E-state index in [2.05, 4.69) is 24.1 Å². The molecule has 0 radical (unpaired) electrons. The maximum Gasteiger partial charge on any atom is 0.0363 e. The Morgan fingerprint density at radius 3 is 2.65 bits per heavy atom. The van der Waals surface area contributed by atoms with E-state index in [0.717, 1.165) is 37.7 Å². The van der Waals surface area contributed by atoms with Crippen LogP contribution in [-0.4, -0.2) is 52.8 Å². The molecule has 1 saturated heterocycles. The molecule has 3 nitrogen and oxygen atoms in total. The first-order valence-corrected chi connectivity index (χ1v) is 8.52. The third kappa shape index (κ3) is 7.17. The van der Waals surface area contributed by atoms with Crippen LogP contribution >= 0.6 is 0 Å². The fourth-order valence-electron chi connectivity index (χ4n) is 2.17. The summed E-state index contributed by atoms with van der Waals surface area (Å²) in [5.41, 5.74) is 0. The Bertz CT molecular complexity index is 213. The molecular formula is C13H28N2OS. The van der Waals surface area contributed by atoms with Crippen molar-refractivity contribution >= 4 is 10.8 Å². The quantitative estimate of drug-likeness (QED) is 0.673. The zero-order valence-electron chi connectivity index (χ0n) is 11.4. The lowest BCUT2D eigenvalue weighted by Crippen LogP contribution is -2.42. The molecule has 1 aliphatic heterocycles. The van der Waals surface area contributed by atoms with Gasteiger partial charge in [-0.1, -0.05) is 26.2 Å². The Morgan fingerprint density at radius 2 is 2.00 bits per heavy atom. The SMILES string of the molecule is CCCCCC(C)NCCN1CCS(=O)CC1. The lowest BCUT2D eigenvalue weighted by atomic mass is 10.1. The molecule has 1 atom stereocenters. The van der Waals surface area contributed by atoms with Gasteiger partial charge in [0.25, 0.3) is 0 Å². The average molecular weight is 260 g/mol. The summed E-state index contributed by atoms with van der Waals surface area (Å²) in [5, 5.41) is 3.58. The van der Waals surface area contributed by atoms with Gasteiger partial charge < -0.3 is 10.2 Å². The smallest absolute Gasteiger partial charge is 0.0363 e. The minimum atomic E-state index is -0.543. The molecule has 0 aromatic carbocycles. The fraction of sp³-hybridized carbons (Fsp3) is 1.00. The van der Waals surface area contributed by atoms with Crippen molar-refractivity contribution in [3.8, 4) is 0 Å². The molecule has 4 heteroatoms. The van der Waals surface area contributed by atoms with Crippen molar-refractivity contribution in [3.63, 3.8) is 0 Å². The number of unbranched alkanes of at least 4 members (excludes halogenated alkanes) is 2. The zero-order chi connectivity index (χ0) is 12.5. The van der Waals surface area contributed by atoms with Crippen LogP contribution in [0.2, 0.25) is 0 Å². The highest BCUT2D eigenvalue weighted by Crippen LogP contribution is 2.03. The Morgan fingerprint density at radius 1 is 1.29 bits per heavy atom. The fourth-order valence-corrected chi connectivity index (χ4v) is 3.30. The molecule has 0 saturated carbocycles. The van der Waals surface area contributed by atoms with Crippen LogP contribution < -0.4 is 5.32 Å². The summed E-state index contributed by atoms with van der Waals surface area (Å²) in [7, 11) is -0.543. The molecular weight excluding hydrogens is 232 g/mol.